The average Bonchev–Trinajstić information content (AvgIpc) is 2.78. The second-order valence-corrected chi connectivity index (χ2v) is 7.49. The summed E-state index contributed by atoms with van der Waals surface area (Å²) in [6.45, 7) is 2.09. The van der Waals surface area contributed by atoms with E-state index in [1.165, 1.54) is 6.92 Å². The molecule has 0 saturated carbocycles. The summed E-state index contributed by atoms with van der Waals surface area (Å²) in [5.41, 5.74) is 4.22. The van der Waals surface area contributed by atoms with Crippen molar-refractivity contribution in [2.75, 3.05) is 22.1 Å². The molecule has 0 bridgehead atoms. The molecule has 2 N–H and O–H groups in total. The lowest BCUT2D eigenvalue weighted by molar-refractivity contribution is -0.114. The molecule has 0 fully saturated rings. The van der Waals surface area contributed by atoms with E-state index in [-0.39, 0.29) is 17.7 Å². The molecule has 0 aromatic heterocycles. The molecule has 0 radical (unpaired) electrons. The van der Waals surface area contributed by atoms with E-state index in [0.717, 1.165) is 24.1 Å². The number of amides is 3. The third kappa shape index (κ3) is 4.64. The van der Waals surface area contributed by atoms with Crippen LogP contribution in [0.4, 0.5) is 17.1 Å². The Kier molecular flexibility index (Phi) is 5.80. The zero-order valence-corrected chi connectivity index (χ0v) is 17.2. The highest BCUT2D eigenvalue weighted by atomic mass is 16.2. The summed E-state index contributed by atoms with van der Waals surface area (Å²) in [4.78, 5) is 38.8. The molecule has 31 heavy (non-hydrogen) atoms. The van der Waals surface area contributed by atoms with Gasteiger partial charge in [0.25, 0.3) is 11.8 Å². The number of anilines is 3. The number of fused-ring (bicyclic) bond motifs is 1. The minimum Gasteiger partial charge on any atom is -0.326 e. The largest absolute Gasteiger partial charge is 0.326 e. The number of aryl methyl sites for hydroxylation is 1. The summed E-state index contributed by atoms with van der Waals surface area (Å²) in [6.07, 6.45) is 1.66. The molecule has 3 aromatic carbocycles. The number of hydrogen-bond acceptors (Lipinski definition) is 3. The van der Waals surface area contributed by atoms with Crippen LogP contribution in [-0.2, 0) is 11.2 Å². The summed E-state index contributed by atoms with van der Waals surface area (Å²) in [5, 5.41) is 5.57. The van der Waals surface area contributed by atoms with E-state index >= 15 is 0 Å². The van der Waals surface area contributed by atoms with Crippen LogP contribution in [0.2, 0.25) is 0 Å². The van der Waals surface area contributed by atoms with Gasteiger partial charge in [-0.25, -0.2) is 0 Å². The van der Waals surface area contributed by atoms with Crippen LogP contribution in [-0.4, -0.2) is 24.3 Å². The van der Waals surface area contributed by atoms with Crippen LogP contribution >= 0.6 is 0 Å². The summed E-state index contributed by atoms with van der Waals surface area (Å²) in [6, 6.07) is 21.7. The number of rotatable bonds is 4. The molecular formula is C25H23N3O3. The molecule has 0 unspecified atom stereocenters. The molecule has 0 saturated heterocycles. The van der Waals surface area contributed by atoms with Crippen molar-refractivity contribution in [2.45, 2.75) is 19.8 Å². The van der Waals surface area contributed by atoms with Crippen molar-refractivity contribution in [1.82, 2.24) is 0 Å². The van der Waals surface area contributed by atoms with Crippen LogP contribution in [0.25, 0.3) is 0 Å². The highest BCUT2D eigenvalue weighted by Crippen LogP contribution is 2.30. The number of carbonyl (C=O) groups excluding carboxylic acids is 3. The van der Waals surface area contributed by atoms with Crippen LogP contribution in [0.1, 0.15) is 39.6 Å². The van der Waals surface area contributed by atoms with Crippen LogP contribution in [0.3, 0.4) is 0 Å². The van der Waals surface area contributed by atoms with Crippen molar-refractivity contribution < 1.29 is 14.4 Å². The smallest absolute Gasteiger partial charge is 0.258 e. The highest BCUT2D eigenvalue weighted by Gasteiger charge is 2.24. The molecule has 6 heteroatoms. The van der Waals surface area contributed by atoms with Crippen molar-refractivity contribution >= 4 is 34.8 Å². The molecular weight excluding hydrogens is 390 g/mol. The lowest BCUT2D eigenvalue weighted by Crippen LogP contribution is -2.35. The van der Waals surface area contributed by atoms with Gasteiger partial charge in [0.2, 0.25) is 5.91 Å². The minimum absolute atomic E-state index is 0.0338. The Balaban J connectivity index is 1.53. The van der Waals surface area contributed by atoms with Crippen molar-refractivity contribution in [1.29, 1.82) is 0 Å². The lowest BCUT2D eigenvalue weighted by Gasteiger charge is -2.30. The molecule has 0 atom stereocenters. The van der Waals surface area contributed by atoms with E-state index in [1.807, 2.05) is 42.5 Å². The predicted octanol–water partition coefficient (Wildman–Crippen LogP) is 4.49. The van der Waals surface area contributed by atoms with Crippen molar-refractivity contribution in [2.24, 2.45) is 0 Å². The summed E-state index contributed by atoms with van der Waals surface area (Å²) < 4.78 is 0. The van der Waals surface area contributed by atoms with Crippen LogP contribution < -0.4 is 15.5 Å². The number of benzene rings is 3. The third-order valence-electron chi connectivity index (χ3n) is 5.17. The fourth-order valence-electron chi connectivity index (χ4n) is 3.77. The van der Waals surface area contributed by atoms with Gasteiger partial charge in [-0.15, -0.1) is 0 Å². The van der Waals surface area contributed by atoms with Gasteiger partial charge in [0, 0.05) is 41.7 Å². The molecule has 1 heterocycles. The summed E-state index contributed by atoms with van der Waals surface area (Å²) in [5.74, 6) is -0.449. The quantitative estimate of drug-likeness (QED) is 0.661. The third-order valence-corrected chi connectivity index (χ3v) is 5.17. The Morgan fingerprint density at radius 1 is 0.806 bits per heavy atom. The van der Waals surface area contributed by atoms with Gasteiger partial charge in [0.15, 0.2) is 0 Å². The minimum atomic E-state index is -0.241. The van der Waals surface area contributed by atoms with Gasteiger partial charge >= 0.3 is 0 Å². The maximum Gasteiger partial charge on any atom is 0.258 e. The summed E-state index contributed by atoms with van der Waals surface area (Å²) in [7, 11) is 0. The van der Waals surface area contributed by atoms with Crippen molar-refractivity contribution in [3.05, 3.63) is 89.5 Å². The van der Waals surface area contributed by atoms with E-state index < -0.39 is 0 Å². The molecule has 1 aliphatic heterocycles. The molecule has 1 aliphatic rings. The Hall–Kier alpha value is -3.93. The van der Waals surface area contributed by atoms with Crippen molar-refractivity contribution in [3.63, 3.8) is 0 Å². The van der Waals surface area contributed by atoms with Gasteiger partial charge in [-0.1, -0.05) is 24.3 Å². The number of carbonyl (C=O) groups is 3. The zero-order chi connectivity index (χ0) is 21.8. The first kappa shape index (κ1) is 20.3. The van der Waals surface area contributed by atoms with Gasteiger partial charge in [-0.3, -0.25) is 14.4 Å². The topological polar surface area (TPSA) is 78.5 Å². The first-order chi connectivity index (χ1) is 15.0. The first-order valence-corrected chi connectivity index (χ1v) is 10.2. The maximum absolute atomic E-state index is 12.9. The monoisotopic (exact) mass is 413 g/mol. The SMILES string of the molecule is CC(=O)Nc1cccc(NC(=O)c2ccc3c(c2)CCCN3C(=O)c2ccccc2)c1. The molecule has 4 rings (SSSR count). The second-order valence-electron chi connectivity index (χ2n) is 7.49. The zero-order valence-electron chi connectivity index (χ0n) is 17.2. The first-order valence-electron chi connectivity index (χ1n) is 10.2. The predicted molar refractivity (Wildman–Crippen MR) is 122 cm³/mol. The van der Waals surface area contributed by atoms with Gasteiger partial charge in [-0.05, 0) is 66.9 Å². The van der Waals surface area contributed by atoms with Crippen molar-refractivity contribution in [3.8, 4) is 0 Å². The van der Waals surface area contributed by atoms with Gasteiger partial charge < -0.3 is 15.5 Å². The molecule has 0 spiro atoms. The molecule has 6 nitrogen and oxygen atoms in total. The van der Waals surface area contributed by atoms with Crippen LogP contribution in [0.5, 0.6) is 0 Å². The van der Waals surface area contributed by atoms with E-state index in [0.29, 0.717) is 29.0 Å². The fourth-order valence-corrected chi connectivity index (χ4v) is 3.77. The summed E-state index contributed by atoms with van der Waals surface area (Å²) >= 11 is 0. The maximum atomic E-state index is 12.9. The Bertz CT molecular complexity index is 1140. The van der Waals surface area contributed by atoms with Gasteiger partial charge in [-0.2, -0.15) is 0 Å². The molecule has 3 aromatic rings. The highest BCUT2D eigenvalue weighted by molar-refractivity contribution is 6.08. The lowest BCUT2D eigenvalue weighted by atomic mass is 9.98. The standard InChI is InChI=1S/C25H23N3O3/c1-17(29)26-21-10-5-11-22(16-21)27-24(30)20-12-13-23-19(15-20)9-6-14-28(23)25(31)18-7-3-2-4-8-18/h2-5,7-8,10-13,15-16H,6,9,14H2,1H3,(H,26,29)(H,27,30). The molecule has 0 aliphatic carbocycles. The van der Waals surface area contributed by atoms with Gasteiger partial charge in [0.1, 0.15) is 0 Å². The Morgan fingerprint density at radius 2 is 1.55 bits per heavy atom. The number of nitrogens with zero attached hydrogens (tertiary/aromatic N) is 1. The fraction of sp³-hybridized carbons (Fsp3) is 0.160. The Morgan fingerprint density at radius 3 is 2.29 bits per heavy atom. The number of nitrogens with one attached hydrogen (secondary N) is 2. The normalized spacial score (nSPS) is 12.6. The van der Waals surface area contributed by atoms with Crippen LogP contribution in [0.15, 0.2) is 72.8 Å². The molecule has 156 valence electrons. The van der Waals surface area contributed by atoms with E-state index in [2.05, 4.69) is 10.6 Å². The average molecular weight is 413 g/mol. The number of hydrogen-bond donors (Lipinski definition) is 2. The Labute approximate surface area is 180 Å². The molecule has 3 amide bonds. The van der Waals surface area contributed by atoms with E-state index in [1.54, 1.807) is 35.2 Å². The van der Waals surface area contributed by atoms with Gasteiger partial charge in [0.05, 0.1) is 0 Å². The second kappa shape index (κ2) is 8.83. The van der Waals surface area contributed by atoms with E-state index in [4.69, 9.17) is 0 Å². The van der Waals surface area contributed by atoms with Crippen LogP contribution in [0, 0.1) is 0 Å². The van der Waals surface area contributed by atoms with E-state index in [9.17, 15) is 14.4 Å².